The quantitative estimate of drug-likeness (QED) is 0.458. The van der Waals surface area contributed by atoms with Gasteiger partial charge in [-0.1, -0.05) is 6.07 Å². The largest absolute Gasteiger partial charge is 0.490 e. The topological polar surface area (TPSA) is 119 Å². The van der Waals surface area contributed by atoms with E-state index in [0.29, 0.717) is 12.2 Å². The number of carboxylic acid groups (broad SMARTS) is 1. The van der Waals surface area contributed by atoms with Crippen molar-refractivity contribution in [1.29, 1.82) is 0 Å². The smallest absolute Gasteiger partial charge is 0.475 e. The van der Waals surface area contributed by atoms with Gasteiger partial charge in [-0.2, -0.15) is 23.4 Å². The van der Waals surface area contributed by atoms with Gasteiger partial charge in [0, 0.05) is 62.0 Å². The molecule has 36 heavy (non-hydrogen) atoms. The maximum atomic E-state index is 12.8. The number of halogens is 3. The molecule has 0 aromatic carbocycles. The summed E-state index contributed by atoms with van der Waals surface area (Å²) in [6.07, 6.45) is 4.18. The number of piperidine rings is 1. The molecule has 1 fully saturated rings. The van der Waals surface area contributed by atoms with Crippen LogP contribution in [0.25, 0.3) is 16.8 Å². The molecular formula is C23H22F3N7O3. The van der Waals surface area contributed by atoms with Crippen LogP contribution in [0.3, 0.4) is 0 Å². The second-order valence-electron chi connectivity index (χ2n) is 8.20. The Morgan fingerprint density at radius 1 is 1.11 bits per heavy atom. The molecule has 4 aromatic rings. The summed E-state index contributed by atoms with van der Waals surface area (Å²) in [5.41, 5.74) is 3.37. The van der Waals surface area contributed by atoms with Crippen LogP contribution in [-0.4, -0.2) is 70.5 Å². The average Bonchev–Trinajstić information content (AvgIpc) is 3.50. The Bertz CT molecular complexity index is 1370. The number of likely N-dealkylation sites (tertiary alicyclic amines) is 1. The molecule has 0 saturated carbocycles. The summed E-state index contributed by atoms with van der Waals surface area (Å²) < 4.78 is 35.2. The molecule has 1 atom stereocenters. The molecule has 1 aliphatic heterocycles. The maximum Gasteiger partial charge on any atom is 0.490 e. The number of fused-ring (bicyclic) bond motifs is 1. The van der Waals surface area contributed by atoms with Gasteiger partial charge >= 0.3 is 12.1 Å². The first-order chi connectivity index (χ1) is 17.1. The fourth-order valence-corrected chi connectivity index (χ4v) is 3.84. The Morgan fingerprint density at radius 3 is 2.53 bits per heavy atom. The van der Waals surface area contributed by atoms with E-state index in [-0.39, 0.29) is 11.8 Å². The monoisotopic (exact) mass is 501 g/mol. The van der Waals surface area contributed by atoms with E-state index in [9.17, 15) is 18.0 Å². The minimum atomic E-state index is -5.08. The number of pyridine rings is 2. The van der Waals surface area contributed by atoms with Crippen LogP contribution in [0.4, 0.5) is 13.2 Å². The summed E-state index contributed by atoms with van der Waals surface area (Å²) in [7, 11) is 1.82. The number of carbonyl (C=O) groups is 2. The summed E-state index contributed by atoms with van der Waals surface area (Å²) in [6, 6.07) is 9.70. The zero-order valence-corrected chi connectivity index (χ0v) is 19.1. The lowest BCUT2D eigenvalue weighted by Gasteiger charge is -2.30. The normalized spacial score (nSPS) is 15.9. The first-order valence-electron chi connectivity index (χ1n) is 11.0. The van der Waals surface area contributed by atoms with Crippen molar-refractivity contribution in [3.05, 3.63) is 66.6 Å². The van der Waals surface area contributed by atoms with Crippen molar-refractivity contribution in [3.8, 4) is 11.1 Å². The highest BCUT2D eigenvalue weighted by Gasteiger charge is 2.38. The molecule has 0 radical (unpaired) electrons. The zero-order chi connectivity index (χ0) is 25.9. The van der Waals surface area contributed by atoms with E-state index in [0.717, 1.165) is 42.0 Å². The number of aryl methyl sites for hydroxylation is 1. The Balaban J connectivity index is 0.000000384. The summed E-state index contributed by atoms with van der Waals surface area (Å²) in [6.45, 7) is 1.35. The molecular weight excluding hydrogens is 479 g/mol. The molecule has 5 rings (SSSR count). The second-order valence-corrected chi connectivity index (χ2v) is 8.20. The van der Waals surface area contributed by atoms with Crippen LogP contribution in [0, 0.1) is 0 Å². The van der Waals surface area contributed by atoms with Gasteiger partial charge in [-0.15, -0.1) is 0 Å². The van der Waals surface area contributed by atoms with Crippen LogP contribution < -0.4 is 0 Å². The van der Waals surface area contributed by atoms with Gasteiger partial charge in [-0.05, 0) is 37.1 Å². The molecule has 4 aromatic heterocycles. The lowest BCUT2D eigenvalue weighted by molar-refractivity contribution is -0.192. The predicted octanol–water partition coefficient (Wildman–Crippen LogP) is 3.18. The SMILES string of the molecule is Cn1ccc(C(=O)N2CCCC(c3nc4ccc(-c5cccnc5)cn4n3)C2)n1.O=C(O)C(F)(F)F. The molecule has 1 amide bonds. The van der Waals surface area contributed by atoms with Crippen LogP contribution in [0.15, 0.2) is 55.1 Å². The fraction of sp³-hybridized carbons (Fsp3) is 0.304. The molecule has 13 heteroatoms. The number of hydrogen-bond acceptors (Lipinski definition) is 6. The van der Waals surface area contributed by atoms with E-state index in [2.05, 4.69) is 10.1 Å². The van der Waals surface area contributed by atoms with Crippen LogP contribution in [-0.2, 0) is 11.8 Å². The third-order valence-corrected chi connectivity index (χ3v) is 5.59. The number of hydrogen-bond donors (Lipinski definition) is 1. The van der Waals surface area contributed by atoms with Gasteiger partial charge in [-0.3, -0.25) is 14.5 Å². The van der Waals surface area contributed by atoms with Gasteiger partial charge in [0.2, 0.25) is 0 Å². The lowest BCUT2D eigenvalue weighted by Crippen LogP contribution is -2.39. The molecule has 1 saturated heterocycles. The molecule has 10 nitrogen and oxygen atoms in total. The highest BCUT2D eigenvalue weighted by atomic mass is 19.4. The number of amides is 1. The summed E-state index contributed by atoms with van der Waals surface area (Å²) >= 11 is 0. The Morgan fingerprint density at radius 2 is 1.89 bits per heavy atom. The highest BCUT2D eigenvalue weighted by molar-refractivity contribution is 5.92. The first-order valence-corrected chi connectivity index (χ1v) is 11.0. The number of rotatable bonds is 3. The van der Waals surface area contributed by atoms with E-state index in [1.54, 1.807) is 23.1 Å². The van der Waals surface area contributed by atoms with E-state index >= 15 is 0 Å². The minimum Gasteiger partial charge on any atom is -0.475 e. The van der Waals surface area contributed by atoms with Gasteiger partial charge in [-0.25, -0.2) is 14.3 Å². The molecule has 1 unspecified atom stereocenters. The van der Waals surface area contributed by atoms with Crippen LogP contribution in [0.5, 0.6) is 0 Å². The molecule has 0 spiro atoms. The number of nitrogens with zero attached hydrogens (tertiary/aromatic N) is 7. The van der Waals surface area contributed by atoms with Gasteiger partial charge in [0.05, 0.1) is 0 Å². The van der Waals surface area contributed by atoms with Crippen molar-refractivity contribution in [1.82, 2.24) is 34.3 Å². The van der Waals surface area contributed by atoms with Gasteiger partial charge in [0.1, 0.15) is 5.69 Å². The first kappa shape index (κ1) is 24.8. The van der Waals surface area contributed by atoms with Gasteiger partial charge < -0.3 is 10.0 Å². The summed E-state index contributed by atoms with van der Waals surface area (Å²) in [5, 5.41) is 16.1. The van der Waals surface area contributed by atoms with E-state index in [4.69, 9.17) is 20.0 Å². The van der Waals surface area contributed by atoms with E-state index in [1.807, 2.05) is 53.1 Å². The Kier molecular flexibility index (Phi) is 6.99. The van der Waals surface area contributed by atoms with Crippen molar-refractivity contribution in [2.45, 2.75) is 24.9 Å². The third kappa shape index (κ3) is 5.67. The van der Waals surface area contributed by atoms with Gasteiger partial charge in [0.15, 0.2) is 11.5 Å². The molecule has 5 heterocycles. The second kappa shape index (κ2) is 10.1. The van der Waals surface area contributed by atoms with E-state index in [1.165, 1.54) is 0 Å². The maximum absolute atomic E-state index is 12.8. The third-order valence-electron chi connectivity index (χ3n) is 5.59. The molecule has 0 aliphatic carbocycles. The Labute approximate surface area is 203 Å². The fourth-order valence-electron chi connectivity index (χ4n) is 3.84. The Hall–Kier alpha value is -4.29. The van der Waals surface area contributed by atoms with Crippen molar-refractivity contribution in [3.63, 3.8) is 0 Å². The standard InChI is InChI=1S/C21H21N7O.C2HF3O2/c1-26-11-8-18(24-26)21(29)27-10-3-5-17(13-27)20-23-19-7-6-16(14-28(19)25-20)15-4-2-9-22-12-15;3-2(4,5)1(6)7/h2,4,6-9,11-12,14,17H,3,5,10,13H2,1H3;(H,6,7). The minimum absolute atomic E-state index is 0.0297. The average molecular weight is 501 g/mol. The predicted molar refractivity (Wildman–Crippen MR) is 121 cm³/mol. The zero-order valence-electron chi connectivity index (χ0n) is 19.1. The summed E-state index contributed by atoms with van der Waals surface area (Å²) in [5.74, 6) is -1.88. The molecule has 0 bridgehead atoms. The number of carbonyl (C=O) groups excluding carboxylic acids is 1. The van der Waals surface area contributed by atoms with Crippen molar-refractivity contribution >= 4 is 17.5 Å². The van der Waals surface area contributed by atoms with E-state index < -0.39 is 12.1 Å². The van der Waals surface area contributed by atoms with Gasteiger partial charge in [0.25, 0.3) is 5.91 Å². The highest BCUT2D eigenvalue weighted by Crippen LogP contribution is 2.27. The van der Waals surface area contributed by atoms with Crippen molar-refractivity contribution < 1.29 is 27.9 Å². The van der Waals surface area contributed by atoms with Crippen molar-refractivity contribution in [2.75, 3.05) is 13.1 Å². The van der Waals surface area contributed by atoms with Crippen LogP contribution in [0.1, 0.15) is 35.1 Å². The van der Waals surface area contributed by atoms with Crippen molar-refractivity contribution in [2.24, 2.45) is 7.05 Å². The molecule has 1 N–H and O–H groups in total. The lowest BCUT2D eigenvalue weighted by atomic mass is 9.97. The number of aliphatic carboxylic acids is 1. The summed E-state index contributed by atoms with van der Waals surface area (Å²) in [4.78, 5) is 32.4. The number of aromatic nitrogens is 6. The number of alkyl halides is 3. The molecule has 1 aliphatic rings. The number of carboxylic acids is 1. The van der Waals surface area contributed by atoms with Crippen LogP contribution >= 0.6 is 0 Å². The van der Waals surface area contributed by atoms with Crippen LogP contribution in [0.2, 0.25) is 0 Å². The molecule has 188 valence electrons.